The number of rotatable bonds is 4. The van der Waals surface area contributed by atoms with Crippen molar-refractivity contribution < 1.29 is 9.66 Å². The van der Waals surface area contributed by atoms with Crippen LogP contribution in [0.25, 0.3) is 0 Å². The van der Waals surface area contributed by atoms with Crippen LogP contribution in [0.15, 0.2) is 48.5 Å². The highest BCUT2D eigenvalue weighted by Gasteiger charge is 2.14. The fraction of sp³-hybridized carbons (Fsp3) is 0. The van der Waals surface area contributed by atoms with Gasteiger partial charge in [0, 0.05) is 11.6 Å². The molecule has 0 spiro atoms. The van der Waals surface area contributed by atoms with Crippen molar-refractivity contribution in [3.8, 4) is 11.5 Å². The Morgan fingerprint density at radius 3 is 2.37 bits per heavy atom. The highest BCUT2D eigenvalue weighted by Crippen LogP contribution is 2.30. The Hall–Kier alpha value is -2.89. The van der Waals surface area contributed by atoms with Crippen LogP contribution in [-0.4, -0.2) is 10.8 Å². The van der Waals surface area contributed by atoms with E-state index in [1.165, 1.54) is 12.1 Å². The first-order chi connectivity index (χ1) is 9.08. The Balaban J connectivity index is 2.26. The van der Waals surface area contributed by atoms with Crippen LogP contribution < -0.4 is 10.5 Å². The zero-order chi connectivity index (χ0) is 13.8. The van der Waals surface area contributed by atoms with E-state index in [1.807, 2.05) is 0 Å². The molecule has 19 heavy (non-hydrogen) atoms. The zero-order valence-electron chi connectivity index (χ0n) is 9.87. The predicted octanol–water partition coefficient (Wildman–Crippen LogP) is 2.67. The van der Waals surface area contributed by atoms with Crippen molar-refractivity contribution in [1.82, 2.24) is 0 Å². The summed E-state index contributed by atoms with van der Waals surface area (Å²) in [6.07, 6.45) is 0. The SMILES string of the molecule is N=C(N)c1ccc(Oc2ccccc2[N+](=O)[O-])cc1. The number of nitro benzene ring substituents is 1. The Morgan fingerprint density at radius 1 is 1.16 bits per heavy atom. The van der Waals surface area contributed by atoms with Crippen LogP contribution in [0.4, 0.5) is 5.69 Å². The second kappa shape index (κ2) is 5.18. The molecular formula is C13H11N3O3. The molecule has 3 N–H and O–H groups in total. The van der Waals surface area contributed by atoms with Crippen molar-refractivity contribution in [2.45, 2.75) is 0 Å². The fourth-order valence-electron chi connectivity index (χ4n) is 1.52. The lowest BCUT2D eigenvalue weighted by atomic mass is 10.2. The average molecular weight is 257 g/mol. The van der Waals surface area contributed by atoms with Crippen LogP contribution in [-0.2, 0) is 0 Å². The van der Waals surface area contributed by atoms with Gasteiger partial charge in [-0.25, -0.2) is 0 Å². The van der Waals surface area contributed by atoms with Crippen molar-refractivity contribution >= 4 is 11.5 Å². The summed E-state index contributed by atoms with van der Waals surface area (Å²) in [6.45, 7) is 0. The molecule has 0 unspecified atom stereocenters. The predicted molar refractivity (Wildman–Crippen MR) is 70.6 cm³/mol. The summed E-state index contributed by atoms with van der Waals surface area (Å²) in [5, 5.41) is 18.1. The third-order valence-corrected chi connectivity index (χ3v) is 2.46. The number of nitrogens with zero attached hydrogens (tertiary/aromatic N) is 1. The van der Waals surface area contributed by atoms with Gasteiger partial charge in [0.05, 0.1) is 4.92 Å². The monoisotopic (exact) mass is 257 g/mol. The summed E-state index contributed by atoms with van der Waals surface area (Å²) in [5.41, 5.74) is 5.80. The van der Waals surface area contributed by atoms with Gasteiger partial charge in [-0.2, -0.15) is 0 Å². The van der Waals surface area contributed by atoms with Crippen LogP contribution in [0.3, 0.4) is 0 Å². The molecule has 0 amide bonds. The first-order valence-corrected chi connectivity index (χ1v) is 5.43. The number of hydrogen-bond acceptors (Lipinski definition) is 4. The van der Waals surface area contributed by atoms with E-state index < -0.39 is 4.92 Å². The largest absolute Gasteiger partial charge is 0.450 e. The lowest BCUT2D eigenvalue weighted by Crippen LogP contribution is -2.10. The van der Waals surface area contributed by atoms with Crippen LogP contribution in [0.2, 0.25) is 0 Å². The molecule has 0 fully saturated rings. The van der Waals surface area contributed by atoms with Gasteiger partial charge in [0.25, 0.3) is 0 Å². The average Bonchev–Trinajstić information content (AvgIpc) is 2.39. The van der Waals surface area contributed by atoms with Gasteiger partial charge in [0.15, 0.2) is 0 Å². The molecule has 0 bridgehead atoms. The molecule has 0 aliphatic rings. The van der Waals surface area contributed by atoms with Gasteiger partial charge in [0.2, 0.25) is 5.75 Å². The first kappa shape index (κ1) is 12.6. The fourth-order valence-corrected chi connectivity index (χ4v) is 1.52. The van der Waals surface area contributed by atoms with Crippen molar-refractivity contribution in [2.24, 2.45) is 5.73 Å². The lowest BCUT2D eigenvalue weighted by Gasteiger charge is -2.06. The molecule has 0 atom stereocenters. The molecule has 0 aliphatic carbocycles. The van der Waals surface area contributed by atoms with E-state index in [0.717, 1.165) is 0 Å². The van der Waals surface area contributed by atoms with Crippen LogP contribution in [0.1, 0.15) is 5.56 Å². The molecule has 0 radical (unpaired) electrons. The second-order valence-corrected chi connectivity index (χ2v) is 3.76. The van der Waals surface area contributed by atoms with Gasteiger partial charge in [0.1, 0.15) is 11.6 Å². The second-order valence-electron chi connectivity index (χ2n) is 3.76. The number of nitro groups is 1. The van der Waals surface area contributed by atoms with Crippen LogP contribution >= 0.6 is 0 Å². The van der Waals surface area contributed by atoms with Gasteiger partial charge in [-0.05, 0) is 30.3 Å². The molecule has 2 aromatic rings. The molecule has 2 rings (SSSR count). The minimum atomic E-state index is -0.501. The molecular weight excluding hydrogens is 246 g/mol. The maximum atomic E-state index is 10.8. The Morgan fingerprint density at radius 2 is 1.79 bits per heavy atom. The van der Waals surface area contributed by atoms with Crippen molar-refractivity contribution in [2.75, 3.05) is 0 Å². The first-order valence-electron chi connectivity index (χ1n) is 5.43. The summed E-state index contributed by atoms with van der Waals surface area (Å²) >= 11 is 0. The molecule has 6 heteroatoms. The number of benzene rings is 2. The number of hydrogen-bond donors (Lipinski definition) is 2. The molecule has 0 aliphatic heterocycles. The van der Waals surface area contributed by atoms with Crippen LogP contribution in [0, 0.1) is 15.5 Å². The Labute approximate surface area is 109 Å². The molecule has 0 saturated heterocycles. The summed E-state index contributed by atoms with van der Waals surface area (Å²) < 4.78 is 5.45. The number of nitrogens with one attached hydrogen (secondary N) is 1. The summed E-state index contributed by atoms with van der Waals surface area (Å²) in [5.74, 6) is 0.569. The van der Waals surface area contributed by atoms with E-state index in [1.54, 1.807) is 36.4 Å². The quantitative estimate of drug-likeness (QED) is 0.380. The number of amidine groups is 1. The number of para-hydroxylation sites is 2. The summed E-state index contributed by atoms with van der Waals surface area (Å²) in [7, 11) is 0. The standard InChI is InChI=1S/C13H11N3O3/c14-13(15)9-5-7-10(8-6-9)19-12-4-2-1-3-11(12)16(17)18/h1-8H,(H3,14,15). The number of nitrogens with two attached hydrogens (primary N) is 1. The van der Waals surface area contributed by atoms with Crippen molar-refractivity contribution in [3.63, 3.8) is 0 Å². The summed E-state index contributed by atoms with van der Waals surface area (Å²) in [6, 6.07) is 12.6. The van der Waals surface area contributed by atoms with Gasteiger partial charge in [-0.1, -0.05) is 12.1 Å². The van der Waals surface area contributed by atoms with E-state index in [2.05, 4.69) is 0 Å². The minimum Gasteiger partial charge on any atom is -0.450 e. The third kappa shape index (κ3) is 2.86. The van der Waals surface area contributed by atoms with Crippen LogP contribution in [0.5, 0.6) is 11.5 Å². The van der Waals surface area contributed by atoms with E-state index in [9.17, 15) is 10.1 Å². The number of nitrogen functional groups attached to an aromatic ring is 1. The molecule has 0 heterocycles. The molecule has 6 nitrogen and oxygen atoms in total. The van der Waals surface area contributed by atoms with Crippen molar-refractivity contribution in [3.05, 3.63) is 64.2 Å². The maximum absolute atomic E-state index is 10.8. The zero-order valence-corrected chi connectivity index (χ0v) is 9.87. The van der Waals surface area contributed by atoms with Crippen molar-refractivity contribution in [1.29, 1.82) is 5.41 Å². The lowest BCUT2D eigenvalue weighted by molar-refractivity contribution is -0.385. The van der Waals surface area contributed by atoms with E-state index >= 15 is 0 Å². The van der Waals surface area contributed by atoms with Gasteiger partial charge >= 0.3 is 5.69 Å². The van der Waals surface area contributed by atoms with Gasteiger partial charge < -0.3 is 10.5 Å². The topological polar surface area (TPSA) is 102 Å². The molecule has 0 saturated carbocycles. The minimum absolute atomic E-state index is 0.0442. The van der Waals surface area contributed by atoms with E-state index in [4.69, 9.17) is 15.9 Å². The molecule has 96 valence electrons. The highest BCUT2D eigenvalue weighted by atomic mass is 16.6. The third-order valence-electron chi connectivity index (χ3n) is 2.46. The normalized spacial score (nSPS) is 9.89. The van der Waals surface area contributed by atoms with E-state index in [-0.39, 0.29) is 17.3 Å². The smallest absolute Gasteiger partial charge is 0.311 e. The summed E-state index contributed by atoms with van der Waals surface area (Å²) in [4.78, 5) is 10.3. The molecule has 2 aromatic carbocycles. The van der Waals surface area contributed by atoms with Gasteiger partial charge in [-0.15, -0.1) is 0 Å². The Bertz CT molecular complexity index is 623. The Kier molecular flexibility index (Phi) is 3.42. The molecule has 0 aromatic heterocycles. The van der Waals surface area contributed by atoms with E-state index in [0.29, 0.717) is 11.3 Å². The number of ether oxygens (including phenoxy) is 1. The van der Waals surface area contributed by atoms with Gasteiger partial charge in [-0.3, -0.25) is 15.5 Å². The highest BCUT2D eigenvalue weighted by molar-refractivity contribution is 5.94. The maximum Gasteiger partial charge on any atom is 0.311 e.